The molecule has 0 aliphatic heterocycles. The molecule has 0 saturated carbocycles. The molecule has 0 aliphatic carbocycles. The summed E-state index contributed by atoms with van der Waals surface area (Å²) >= 11 is 3.36. The summed E-state index contributed by atoms with van der Waals surface area (Å²) in [6, 6.07) is 15.4. The number of hydrogen-bond donors (Lipinski definition) is 0. The fourth-order valence-electron chi connectivity index (χ4n) is 2.35. The molecule has 0 radical (unpaired) electrons. The Morgan fingerprint density at radius 1 is 1.12 bits per heavy atom. The third-order valence-electron chi connectivity index (χ3n) is 3.78. The molecule has 0 amide bonds. The van der Waals surface area contributed by atoms with Crippen LogP contribution in [0.3, 0.4) is 0 Å². The standard InChI is InChI=1S/C20H16BrNO4/c1-22(24,12-2-3-13-25-18-8-5-16(21)6-9-18)17-7-10-19-15(14-17)4-11-20(23)26-19/h4-11,14H,12-13H2,1H3. The molecule has 0 saturated heterocycles. The second kappa shape index (κ2) is 7.75. The highest BCUT2D eigenvalue weighted by Crippen LogP contribution is 2.24. The summed E-state index contributed by atoms with van der Waals surface area (Å²) in [5.41, 5.74) is 0.575. The van der Waals surface area contributed by atoms with Crippen molar-refractivity contribution in [1.29, 1.82) is 0 Å². The minimum absolute atomic E-state index is 0.0893. The predicted molar refractivity (Wildman–Crippen MR) is 106 cm³/mol. The van der Waals surface area contributed by atoms with Crippen LogP contribution < -0.4 is 15.0 Å². The Labute approximate surface area is 159 Å². The van der Waals surface area contributed by atoms with Crippen molar-refractivity contribution in [3.63, 3.8) is 0 Å². The molecule has 0 bridgehead atoms. The lowest BCUT2D eigenvalue weighted by atomic mass is 10.2. The molecule has 3 aromatic rings. The van der Waals surface area contributed by atoms with Gasteiger partial charge in [-0.2, -0.15) is 0 Å². The van der Waals surface area contributed by atoms with E-state index in [2.05, 4.69) is 27.8 Å². The van der Waals surface area contributed by atoms with E-state index in [0.717, 1.165) is 10.2 Å². The molecule has 0 spiro atoms. The first kappa shape index (κ1) is 18.2. The largest absolute Gasteiger partial charge is 0.627 e. The van der Waals surface area contributed by atoms with Gasteiger partial charge in [-0.25, -0.2) is 4.79 Å². The van der Waals surface area contributed by atoms with Crippen LogP contribution in [-0.2, 0) is 0 Å². The fraction of sp³-hybridized carbons (Fsp3) is 0.150. The number of ether oxygens (including phenoxy) is 1. The van der Waals surface area contributed by atoms with Gasteiger partial charge < -0.3 is 19.0 Å². The van der Waals surface area contributed by atoms with Crippen LogP contribution in [0.5, 0.6) is 5.75 Å². The van der Waals surface area contributed by atoms with Gasteiger partial charge in [0.15, 0.2) is 0 Å². The van der Waals surface area contributed by atoms with Crippen molar-refractivity contribution in [1.82, 2.24) is 4.65 Å². The molecule has 1 heterocycles. The maximum absolute atomic E-state index is 12.8. The number of quaternary nitrogens is 1. The summed E-state index contributed by atoms with van der Waals surface area (Å²) < 4.78 is 10.9. The Balaban J connectivity index is 1.64. The number of halogens is 1. The van der Waals surface area contributed by atoms with Crippen LogP contribution in [0.25, 0.3) is 11.0 Å². The van der Waals surface area contributed by atoms with Crippen LogP contribution in [0.15, 0.2) is 68.3 Å². The average Bonchev–Trinajstić information content (AvgIpc) is 2.62. The molecule has 0 fully saturated rings. The summed E-state index contributed by atoms with van der Waals surface area (Å²) in [5.74, 6) is 6.44. The summed E-state index contributed by atoms with van der Waals surface area (Å²) in [5, 5.41) is 13.5. The molecule has 1 unspecified atom stereocenters. The van der Waals surface area contributed by atoms with Gasteiger partial charge in [-0.15, -0.1) is 0 Å². The highest BCUT2D eigenvalue weighted by atomic mass is 79.9. The van der Waals surface area contributed by atoms with Crippen molar-refractivity contribution in [3.8, 4) is 17.6 Å². The van der Waals surface area contributed by atoms with E-state index in [1.807, 2.05) is 24.3 Å². The monoisotopic (exact) mass is 413 g/mol. The van der Waals surface area contributed by atoms with E-state index in [1.165, 1.54) is 13.1 Å². The van der Waals surface area contributed by atoms with Crippen LogP contribution >= 0.6 is 15.9 Å². The second-order valence-electron chi connectivity index (χ2n) is 5.83. The minimum Gasteiger partial charge on any atom is -0.627 e. The smallest absolute Gasteiger partial charge is 0.336 e. The second-order valence-corrected chi connectivity index (χ2v) is 6.75. The van der Waals surface area contributed by atoms with E-state index in [9.17, 15) is 10.0 Å². The lowest BCUT2D eigenvalue weighted by Crippen LogP contribution is -2.38. The highest BCUT2D eigenvalue weighted by molar-refractivity contribution is 9.10. The van der Waals surface area contributed by atoms with Gasteiger partial charge >= 0.3 is 5.63 Å². The molecule has 6 heteroatoms. The van der Waals surface area contributed by atoms with Gasteiger partial charge in [0.05, 0.1) is 7.05 Å². The summed E-state index contributed by atoms with van der Waals surface area (Å²) in [6.07, 6.45) is 0. The number of nitrogens with zero attached hydrogens (tertiary/aromatic N) is 1. The Morgan fingerprint density at radius 2 is 1.88 bits per heavy atom. The molecule has 3 rings (SSSR count). The average molecular weight is 414 g/mol. The summed E-state index contributed by atoms with van der Waals surface area (Å²) in [4.78, 5) is 11.2. The Bertz CT molecular complexity index is 1030. The van der Waals surface area contributed by atoms with Gasteiger partial charge in [0.2, 0.25) is 0 Å². The number of benzene rings is 2. The molecular weight excluding hydrogens is 398 g/mol. The fourth-order valence-corrected chi connectivity index (χ4v) is 2.62. The number of hydrogen-bond acceptors (Lipinski definition) is 4. The lowest BCUT2D eigenvalue weighted by molar-refractivity contribution is 0.370. The molecule has 26 heavy (non-hydrogen) atoms. The quantitative estimate of drug-likeness (QED) is 0.280. The Hall–Kier alpha value is -2.59. The zero-order valence-corrected chi connectivity index (χ0v) is 15.7. The van der Waals surface area contributed by atoms with Gasteiger partial charge in [0.1, 0.15) is 30.2 Å². The van der Waals surface area contributed by atoms with E-state index in [4.69, 9.17) is 9.15 Å². The maximum Gasteiger partial charge on any atom is 0.336 e. The molecule has 1 aromatic heterocycles. The van der Waals surface area contributed by atoms with Gasteiger partial charge in [0, 0.05) is 28.1 Å². The van der Waals surface area contributed by atoms with Crippen LogP contribution in [0, 0.1) is 17.0 Å². The van der Waals surface area contributed by atoms with Crippen molar-refractivity contribution < 1.29 is 9.15 Å². The number of rotatable bonds is 4. The maximum atomic E-state index is 12.8. The zero-order valence-electron chi connectivity index (χ0n) is 14.1. The van der Waals surface area contributed by atoms with Crippen molar-refractivity contribution in [2.75, 3.05) is 20.2 Å². The van der Waals surface area contributed by atoms with Crippen LogP contribution in [0.2, 0.25) is 0 Å². The van der Waals surface area contributed by atoms with Crippen molar-refractivity contribution in [2.24, 2.45) is 0 Å². The topological polar surface area (TPSA) is 62.5 Å². The van der Waals surface area contributed by atoms with Gasteiger partial charge in [-0.3, -0.25) is 0 Å². The SMILES string of the molecule is C[N+]([O-])(CC#CCOc1ccc(Br)cc1)c1ccc2oc(=O)ccc2c1. The highest BCUT2D eigenvalue weighted by Gasteiger charge is 2.14. The zero-order chi connectivity index (χ0) is 18.6. The predicted octanol–water partition coefficient (Wildman–Crippen LogP) is 4.07. The third kappa shape index (κ3) is 4.52. The van der Waals surface area contributed by atoms with E-state index >= 15 is 0 Å². The Morgan fingerprint density at radius 3 is 2.65 bits per heavy atom. The van der Waals surface area contributed by atoms with E-state index in [-0.39, 0.29) is 13.2 Å². The first-order valence-corrected chi connectivity index (χ1v) is 8.68. The van der Waals surface area contributed by atoms with Gasteiger partial charge in [-0.1, -0.05) is 21.9 Å². The van der Waals surface area contributed by atoms with Crippen LogP contribution in [-0.4, -0.2) is 20.2 Å². The third-order valence-corrected chi connectivity index (χ3v) is 4.31. The van der Waals surface area contributed by atoms with E-state index < -0.39 is 10.3 Å². The van der Waals surface area contributed by atoms with E-state index in [1.54, 1.807) is 24.3 Å². The van der Waals surface area contributed by atoms with E-state index in [0.29, 0.717) is 16.7 Å². The molecular formula is C20H16BrNO4. The molecule has 2 aromatic carbocycles. The van der Waals surface area contributed by atoms with Crippen LogP contribution in [0.4, 0.5) is 5.69 Å². The van der Waals surface area contributed by atoms with Crippen molar-refractivity contribution in [2.45, 2.75) is 0 Å². The first-order chi connectivity index (χ1) is 12.4. The normalized spacial score (nSPS) is 12.9. The summed E-state index contributed by atoms with van der Waals surface area (Å²) in [6.45, 7) is 0.302. The molecule has 132 valence electrons. The number of hydroxylamine groups is 2. The lowest BCUT2D eigenvalue weighted by Gasteiger charge is -2.36. The Kier molecular flexibility index (Phi) is 5.43. The van der Waals surface area contributed by atoms with Crippen molar-refractivity contribution in [3.05, 3.63) is 74.7 Å². The molecule has 0 aliphatic rings. The minimum atomic E-state index is -0.652. The summed E-state index contributed by atoms with van der Waals surface area (Å²) in [7, 11) is 1.53. The first-order valence-electron chi connectivity index (χ1n) is 7.89. The molecule has 0 N–H and O–H groups in total. The van der Waals surface area contributed by atoms with Gasteiger partial charge in [0.25, 0.3) is 0 Å². The molecule has 1 atom stereocenters. The van der Waals surface area contributed by atoms with Crippen molar-refractivity contribution >= 4 is 32.6 Å². The number of fused-ring (bicyclic) bond motifs is 1. The van der Waals surface area contributed by atoms with Gasteiger partial charge in [-0.05, 0) is 42.3 Å². The van der Waals surface area contributed by atoms with Crippen LogP contribution in [0.1, 0.15) is 0 Å². The molecule has 5 nitrogen and oxygen atoms in total.